The van der Waals surface area contributed by atoms with Crippen molar-refractivity contribution in [1.29, 1.82) is 0 Å². The summed E-state index contributed by atoms with van der Waals surface area (Å²) in [6.07, 6.45) is 1.78. The van der Waals surface area contributed by atoms with Crippen LogP contribution < -0.4 is 11.0 Å². The van der Waals surface area contributed by atoms with E-state index in [9.17, 15) is 4.79 Å². The number of benzene rings is 2. The number of hydrogen-bond donors (Lipinski definition) is 1. The molecular formula is C20H22N4O. The Morgan fingerprint density at radius 1 is 1.16 bits per heavy atom. The average molecular weight is 334 g/mol. The van der Waals surface area contributed by atoms with Crippen molar-refractivity contribution in [2.24, 2.45) is 5.10 Å². The maximum atomic E-state index is 12.6. The molecular weight excluding hydrogens is 312 g/mol. The second-order valence-corrected chi connectivity index (χ2v) is 6.18. The first-order chi connectivity index (χ1) is 12.0. The summed E-state index contributed by atoms with van der Waals surface area (Å²) in [5.41, 5.74) is 8.18. The smallest absolute Gasteiger partial charge is 0.262 e. The minimum Gasteiger partial charge on any atom is -0.277 e. The van der Waals surface area contributed by atoms with Crippen LogP contribution >= 0.6 is 0 Å². The van der Waals surface area contributed by atoms with Gasteiger partial charge in [0, 0.05) is 12.1 Å². The molecule has 1 N–H and O–H groups in total. The van der Waals surface area contributed by atoms with Crippen LogP contribution in [0, 0.1) is 20.8 Å². The van der Waals surface area contributed by atoms with E-state index >= 15 is 0 Å². The van der Waals surface area contributed by atoms with Crippen LogP contribution in [-0.4, -0.2) is 15.8 Å². The molecule has 3 aromatic rings. The fourth-order valence-electron chi connectivity index (χ4n) is 3.10. The lowest BCUT2D eigenvalue weighted by Crippen LogP contribution is -2.23. The van der Waals surface area contributed by atoms with Crippen molar-refractivity contribution < 1.29 is 0 Å². The molecule has 0 bridgehead atoms. The minimum absolute atomic E-state index is 0.0616. The minimum atomic E-state index is -0.0616. The van der Waals surface area contributed by atoms with E-state index in [-0.39, 0.29) is 5.56 Å². The maximum Gasteiger partial charge on any atom is 0.262 e. The largest absolute Gasteiger partial charge is 0.277 e. The van der Waals surface area contributed by atoms with Crippen LogP contribution in [0.3, 0.4) is 0 Å². The van der Waals surface area contributed by atoms with E-state index in [1.807, 2.05) is 25.1 Å². The first-order valence-electron chi connectivity index (χ1n) is 8.37. The molecule has 0 saturated carbocycles. The molecule has 0 amide bonds. The zero-order valence-electron chi connectivity index (χ0n) is 15.0. The number of para-hydroxylation sites is 1. The summed E-state index contributed by atoms with van der Waals surface area (Å²) in [7, 11) is 0. The zero-order valence-corrected chi connectivity index (χ0v) is 15.0. The topological polar surface area (TPSA) is 59.3 Å². The lowest BCUT2D eigenvalue weighted by Gasteiger charge is -2.11. The number of nitrogens with one attached hydrogen (secondary N) is 1. The van der Waals surface area contributed by atoms with Crippen molar-refractivity contribution in [1.82, 2.24) is 9.55 Å². The summed E-state index contributed by atoms with van der Waals surface area (Å²) in [4.78, 5) is 17.1. The Labute approximate surface area is 147 Å². The summed E-state index contributed by atoms with van der Waals surface area (Å²) in [6.45, 7) is 8.66. The fourth-order valence-corrected chi connectivity index (χ4v) is 3.10. The van der Waals surface area contributed by atoms with E-state index in [0.717, 1.165) is 5.56 Å². The summed E-state index contributed by atoms with van der Waals surface area (Å²) in [5.74, 6) is 0.449. The number of aromatic nitrogens is 2. The van der Waals surface area contributed by atoms with Crippen LogP contribution in [0.15, 0.2) is 46.3 Å². The average Bonchev–Trinajstić information content (AvgIpc) is 2.57. The third-order valence-electron chi connectivity index (χ3n) is 4.27. The maximum absolute atomic E-state index is 12.6. The molecule has 5 heteroatoms. The number of aryl methyl sites for hydroxylation is 3. The van der Waals surface area contributed by atoms with Crippen LogP contribution in [0.1, 0.15) is 29.2 Å². The molecule has 5 nitrogen and oxygen atoms in total. The number of hydrogen-bond acceptors (Lipinski definition) is 4. The van der Waals surface area contributed by atoms with E-state index in [0.29, 0.717) is 23.4 Å². The van der Waals surface area contributed by atoms with Crippen molar-refractivity contribution in [3.8, 4) is 0 Å². The first kappa shape index (κ1) is 16.9. The molecule has 0 fully saturated rings. The highest BCUT2D eigenvalue weighted by Crippen LogP contribution is 2.15. The highest BCUT2D eigenvalue weighted by atomic mass is 16.1. The van der Waals surface area contributed by atoms with Gasteiger partial charge in [-0.3, -0.25) is 9.36 Å². The summed E-state index contributed by atoms with van der Waals surface area (Å²) < 4.78 is 1.59. The summed E-state index contributed by atoms with van der Waals surface area (Å²) in [6, 6.07) is 11.6. The van der Waals surface area contributed by atoms with Crippen LogP contribution in [0.4, 0.5) is 5.95 Å². The SMILES string of the molecule is CCn1c(N/N=C\c2c(C)cc(C)cc2C)nc2ccccc2c1=O. The van der Waals surface area contributed by atoms with E-state index in [1.54, 1.807) is 16.8 Å². The highest BCUT2D eigenvalue weighted by Gasteiger charge is 2.08. The summed E-state index contributed by atoms with van der Waals surface area (Å²) >= 11 is 0. The van der Waals surface area contributed by atoms with Gasteiger partial charge in [-0.1, -0.05) is 29.8 Å². The summed E-state index contributed by atoms with van der Waals surface area (Å²) in [5, 5.41) is 4.94. The Hall–Kier alpha value is -2.95. The third kappa shape index (κ3) is 3.31. The van der Waals surface area contributed by atoms with Gasteiger partial charge < -0.3 is 0 Å². The van der Waals surface area contributed by atoms with Crippen molar-refractivity contribution in [3.05, 3.63) is 69.0 Å². The lowest BCUT2D eigenvalue weighted by molar-refractivity contribution is 0.724. The van der Waals surface area contributed by atoms with Gasteiger partial charge in [0.15, 0.2) is 0 Å². The van der Waals surface area contributed by atoms with Gasteiger partial charge in [0.1, 0.15) is 0 Å². The molecule has 25 heavy (non-hydrogen) atoms. The quantitative estimate of drug-likeness (QED) is 0.583. The predicted molar refractivity (Wildman–Crippen MR) is 104 cm³/mol. The number of hydrazone groups is 1. The molecule has 0 aliphatic carbocycles. The van der Waals surface area contributed by atoms with Crippen LogP contribution in [0.2, 0.25) is 0 Å². The van der Waals surface area contributed by atoms with Gasteiger partial charge in [0.05, 0.1) is 17.1 Å². The first-order valence-corrected chi connectivity index (χ1v) is 8.37. The molecule has 0 saturated heterocycles. The lowest BCUT2D eigenvalue weighted by atomic mass is 10.0. The molecule has 3 rings (SSSR count). The molecule has 0 radical (unpaired) electrons. The Morgan fingerprint density at radius 3 is 2.52 bits per heavy atom. The van der Waals surface area contributed by atoms with Crippen LogP contribution in [0.25, 0.3) is 10.9 Å². The van der Waals surface area contributed by atoms with Crippen molar-refractivity contribution in [3.63, 3.8) is 0 Å². The monoisotopic (exact) mass is 334 g/mol. The highest BCUT2D eigenvalue weighted by molar-refractivity contribution is 5.84. The van der Waals surface area contributed by atoms with Gasteiger partial charge >= 0.3 is 0 Å². The second kappa shape index (κ2) is 6.89. The van der Waals surface area contributed by atoms with Crippen molar-refractivity contribution >= 4 is 23.1 Å². The van der Waals surface area contributed by atoms with E-state index in [4.69, 9.17) is 0 Å². The predicted octanol–water partition coefficient (Wildman–Crippen LogP) is 3.79. The van der Waals surface area contributed by atoms with Crippen LogP contribution in [0.5, 0.6) is 0 Å². The van der Waals surface area contributed by atoms with Gasteiger partial charge in [0.2, 0.25) is 5.95 Å². The number of rotatable bonds is 4. The number of nitrogens with zero attached hydrogens (tertiary/aromatic N) is 3. The Bertz CT molecular complexity index is 995. The Kier molecular flexibility index (Phi) is 4.65. The second-order valence-electron chi connectivity index (χ2n) is 6.18. The molecule has 0 aliphatic heterocycles. The normalized spacial score (nSPS) is 11.4. The Morgan fingerprint density at radius 2 is 1.84 bits per heavy atom. The van der Waals surface area contributed by atoms with Gasteiger partial charge in [-0.2, -0.15) is 5.10 Å². The van der Waals surface area contributed by atoms with Crippen LogP contribution in [-0.2, 0) is 6.54 Å². The molecule has 1 aromatic heterocycles. The fraction of sp³-hybridized carbons (Fsp3) is 0.250. The molecule has 128 valence electrons. The van der Waals surface area contributed by atoms with Crippen molar-refractivity contribution in [2.75, 3.05) is 5.43 Å². The van der Waals surface area contributed by atoms with E-state index < -0.39 is 0 Å². The molecule has 0 unspecified atom stereocenters. The van der Waals surface area contributed by atoms with E-state index in [1.165, 1.54) is 16.7 Å². The molecule has 2 aromatic carbocycles. The Balaban J connectivity index is 1.97. The zero-order chi connectivity index (χ0) is 18.0. The van der Waals surface area contributed by atoms with E-state index in [2.05, 4.69) is 48.4 Å². The van der Waals surface area contributed by atoms with Gasteiger partial charge in [-0.25, -0.2) is 10.4 Å². The molecule has 1 heterocycles. The number of anilines is 1. The van der Waals surface area contributed by atoms with Gasteiger partial charge in [0.25, 0.3) is 5.56 Å². The molecule has 0 spiro atoms. The standard InChI is InChI=1S/C20H22N4O/c1-5-24-19(25)16-8-6-7-9-18(16)22-20(24)23-21-12-17-14(3)10-13(2)11-15(17)4/h6-12H,5H2,1-4H3,(H,22,23)/b21-12-. The van der Waals surface area contributed by atoms with Crippen molar-refractivity contribution in [2.45, 2.75) is 34.2 Å². The third-order valence-corrected chi connectivity index (χ3v) is 4.27. The molecule has 0 aliphatic rings. The number of fused-ring (bicyclic) bond motifs is 1. The van der Waals surface area contributed by atoms with Gasteiger partial charge in [-0.05, 0) is 51.0 Å². The van der Waals surface area contributed by atoms with Gasteiger partial charge in [-0.15, -0.1) is 0 Å². The molecule has 0 atom stereocenters.